The molecule has 0 bridgehead atoms. The fourth-order valence-electron chi connectivity index (χ4n) is 1.29. The zero-order valence-electron chi connectivity index (χ0n) is 8.45. The Hall–Kier alpha value is -1.42. The van der Waals surface area contributed by atoms with Crippen LogP contribution in [0.3, 0.4) is 0 Å². The number of rotatable bonds is 2. The summed E-state index contributed by atoms with van der Waals surface area (Å²) in [7, 11) is 1.58. The van der Waals surface area contributed by atoms with Crippen LogP contribution in [0, 0.1) is 12.7 Å². The molecule has 1 heterocycles. The van der Waals surface area contributed by atoms with Crippen LogP contribution in [-0.4, -0.2) is 12.1 Å². The highest BCUT2D eigenvalue weighted by molar-refractivity contribution is 7.11. The van der Waals surface area contributed by atoms with E-state index in [1.165, 1.54) is 17.4 Å². The van der Waals surface area contributed by atoms with E-state index in [0.717, 1.165) is 11.3 Å². The number of hydrogen-bond donors (Lipinski definition) is 0. The summed E-state index contributed by atoms with van der Waals surface area (Å²) in [4.78, 5) is 4.24. The van der Waals surface area contributed by atoms with Crippen molar-refractivity contribution in [2.45, 2.75) is 6.92 Å². The molecule has 0 fully saturated rings. The minimum absolute atomic E-state index is 0.194. The van der Waals surface area contributed by atoms with Gasteiger partial charge in [0.2, 0.25) is 0 Å². The highest BCUT2D eigenvalue weighted by Crippen LogP contribution is 2.27. The normalized spacial score (nSPS) is 10.3. The van der Waals surface area contributed by atoms with Crippen molar-refractivity contribution in [1.29, 1.82) is 0 Å². The first-order valence-electron chi connectivity index (χ1n) is 4.47. The summed E-state index contributed by atoms with van der Waals surface area (Å²) in [6.45, 7) is 1.74. The standard InChI is InChI=1S/C11H10FNOS/c1-7-5-8(3-4-9(7)12)10-6-15-11(13-10)14-2/h3-6H,1-2H3. The minimum Gasteiger partial charge on any atom is -0.473 e. The minimum atomic E-state index is -0.194. The van der Waals surface area contributed by atoms with Gasteiger partial charge in [-0.2, -0.15) is 0 Å². The smallest absolute Gasteiger partial charge is 0.273 e. The van der Waals surface area contributed by atoms with Crippen LogP contribution in [-0.2, 0) is 0 Å². The number of nitrogens with zero attached hydrogens (tertiary/aromatic N) is 1. The van der Waals surface area contributed by atoms with E-state index >= 15 is 0 Å². The number of thiazole rings is 1. The molecule has 78 valence electrons. The van der Waals surface area contributed by atoms with Gasteiger partial charge < -0.3 is 4.74 Å². The van der Waals surface area contributed by atoms with E-state index in [4.69, 9.17) is 4.74 Å². The fraction of sp³-hybridized carbons (Fsp3) is 0.182. The second-order valence-electron chi connectivity index (χ2n) is 3.17. The lowest BCUT2D eigenvalue weighted by molar-refractivity contribution is 0.412. The Morgan fingerprint density at radius 3 is 2.80 bits per heavy atom. The topological polar surface area (TPSA) is 22.1 Å². The predicted octanol–water partition coefficient (Wildman–Crippen LogP) is 3.27. The molecule has 4 heteroatoms. The maximum Gasteiger partial charge on any atom is 0.273 e. The van der Waals surface area contributed by atoms with Crippen molar-refractivity contribution in [3.8, 4) is 16.5 Å². The summed E-state index contributed by atoms with van der Waals surface area (Å²) in [5, 5.41) is 2.51. The van der Waals surface area contributed by atoms with Gasteiger partial charge in [-0.25, -0.2) is 9.37 Å². The van der Waals surface area contributed by atoms with Crippen molar-refractivity contribution < 1.29 is 9.13 Å². The molecule has 1 aromatic carbocycles. The average Bonchev–Trinajstić information content (AvgIpc) is 2.70. The van der Waals surface area contributed by atoms with Gasteiger partial charge in [0.15, 0.2) is 0 Å². The molecule has 1 aromatic heterocycles. The first-order valence-corrected chi connectivity index (χ1v) is 5.34. The molecule has 0 saturated heterocycles. The number of methoxy groups -OCH3 is 1. The molecule has 2 rings (SSSR count). The molecule has 0 aliphatic carbocycles. The van der Waals surface area contributed by atoms with Gasteiger partial charge in [-0.05, 0) is 30.7 Å². The van der Waals surface area contributed by atoms with Gasteiger partial charge in [0.05, 0.1) is 12.8 Å². The summed E-state index contributed by atoms with van der Waals surface area (Å²) in [5.41, 5.74) is 2.35. The Kier molecular flexibility index (Phi) is 2.68. The van der Waals surface area contributed by atoms with Crippen molar-refractivity contribution in [3.63, 3.8) is 0 Å². The van der Waals surface area contributed by atoms with E-state index in [-0.39, 0.29) is 5.82 Å². The summed E-state index contributed by atoms with van der Waals surface area (Å²) in [6, 6.07) is 4.96. The molecular weight excluding hydrogens is 213 g/mol. The monoisotopic (exact) mass is 223 g/mol. The molecule has 2 nitrogen and oxygen atoms in total. The number of aryl methyl sites for hydroxylation is 1. The lowest BCUT2D eigenvalue weighted by Gasteiger charge is -1.99. The van der Waals surface area contributed by atoms with Gasteiger partial charge in [0, 0.05) is 10.9 Å². The SMILES string of the molecule is COc1nc(-c2ccc(F)c(C)c2)cs1. The number of hydrogen-bond acceptors (Lipinski definition) is 3. The van der Waals surface area contributed by atoms with Gasteiger partial charge in [0.1, 0.15) is 5.82 Å². The molecule has 15 heavy (non-hydrogen) atoms. The second kappa shape index (κ2) is 3.98. The highest BCUT2D eigenvalue weighted by atomic mass is 32.1. The fourth-order valence-corrected chi connectivity index (χ4v) is 1.94. The van der Waals surface area contributed by atoms with Crippen LogP contribution in [0.4, 0.5) is 4.39 Å². The molecule has 0 atom stereocenters. The van der Waals surface area contributed by atoms with Crippen LogP contribution in [0.2, 0.25) is 0 Å². The van der Waals surface area contributed by atoms with Gasteiger partial charge in [-0.3, -0.25) is 0 Å². The summed E-state index contributed by atoms with van der Waals surface area (Å²) in [5.74, 6) is -0.194. The lowest BCUT2D eigenvalue weighted by Crippen LogP contribution is -1.85. The third-order valence-electron chi connectivity index (χ3n) is 2.11. The summed E-state index contributed by atoms with van der Waals surface area (Å²) in [6.07, 6.45) is 0. The second-order valence-corrected chi connectivity index (χ2v) is 3.99. The van der Waals surface area contributed by atoms with E-state index in [9.17, 15) is 4.39 Å². The van der Waals surface area contributed by atoms with E-state index in [1.54, 1.807) is 26.2 Å². The van der Waals surface area contributed by atoms with E-state index < -0.39 is 0 Å². The maximum atomic E-state index is 13.0. The molecule has 0 unspecified atom stereocenters. The summed E-state index contributed by atoms with van der Waals surface area (Å²) >= 11 is 1.43. The van der Waals surface area contributed by atoms with Crippen LogP contribution in [0.15, 0.2) is 23.6 Å². The first-order chi connectivity index (χ1) is 7.20. The van der Waals surface area contributed by atoms with Gasteiger partial charge >= 0.3 is 0 Å². The van der Waals surface area contributed by atoms with Crippen LogP contribution < -0.4 is 4.74 Å². The lowest BCUT2D eigenvalue weighted by atomic mass is 10.1. The molecule has 0 aliphatic heterocycles. The maximum absolute atomic E-state index is 13.0. The van der Waals surface area contributed by atoms with Crippen molar-refractivity contribution >= 4 is 11.3 Å². The van der Waals surface area contributed by atoms with E-state index in [0.29, 0.717) is 10.8 Å². The Morgan fingerprint density at radius 2 is 2.20 bits per heavy atom. The highest BCUT2D eigenvalue weighted by Gasteiger charge is 2.06. The number of halogens is 1. The number of ether oxygens (including phenoxy) is 1. The van der Waals surface area contributed by atoms with Crippen LogP contribution >= 0.6 is 11.3 Å². The van der Waals surface area contributed by atoms with Gasteiger partial charge in [-0.15, -0.1) is 0 Å². The third-order valence-corrected chi connectivity index (χ3v) is 2.91. The van der Waals surface area contributed by atoms with Crippen LogP contribution in [0.5, 0.6) is 5.19 Å². The van der Waals surface area contributed by atoms with E-state index in [2.05, 4.69) is 4.98 Å². The quantitative estimate of drug-likeness (QED) is 0.779. The van der Waals surface area contributed by atoms with Crippen molar-refractivity contribution in [2.24, 2.45) is 0 Å². The van der Waals surface area contributed by atoms with Crippen molar-refractivity contribution in [3.05, 3.63) is 35.0 Å². The molecule has 0 radical (unpaired) electrons. The Bertz CT molecular complexity index is 481. The molecule has 0 N–H and O–H groups in total. The Balaban J connectivity index is 2.40. The third kappa shape index (κ3) is 1.99. The molecule has 2 aromatic rings. The number of benzene rings is 1. The van der Waals surface area contributed by atoms with Crippen LogP contribution in [0.1, 0.15) is 5.56 Å². The zero-order chi connectivity index (χ0) is 10.8. The van der Waals surface area contributed by atoms with Crippen LogP contribution in [0.25, 0.3) is 11.3 Å². The molecule has 0 spiro atoms. The molecule has 0 saturated carbocycles. The largest absolute Gasteiger partial charge is 0.473 e. The Labute approximate surface area is 91.4 Å². The number of aromatic nitrogens is 1. The van der Waals surface area contributed by atoms with Gasteiger partial charge in [0.25, 0.3) is 5.19 Å². The zero-order valence-corrected chi connectivity index (χ0v) is 9.27. The van der Waals surface area contributed by atoms with Crippen molar-refractivity contribution in [1.82, 2.24) is 4.98 Å². The van der Waals surface area contributed by atoms with Gasteiger partial charge in [-0.1, -0.05) is 11.3 Å². The average molecular weight is 223 g/mol. The molecule has 0 aliphatic rings. The molecular formula is C11H10FNOS. The molecule has 0 amide bonds. The first kappa shape index (κ1) is 10.1. The Morgan fingerprint density at radius 1 is 1.40 bits per heavy atom. The van der Waals surface area contributed by atoms with E-state index in [1.807, 2.05) is 5.38 Å². The predicted molar refractivity (Wildman–Crippen MR) is 58.8 cm³/mol. The summed E-state index contributed by atoms with van der Waals surface area (Å²) < 4.78 is 18.0. The van der Waals surface area contributed by atoms with Crippen molar-refractivity contribution in [2.75, 3.05) is 7.11 Å².